The number of halogens is 1. The fraction of sp³-hybridized carbons (Fsp3) is 0.0870. The zero-order chi connectivity index (χ0) is 20.7. The molecular formula is C23H17BrN4O2. The number of benzene rings is 2. The van der Waals surface area contributed by atoms with Crippen molar-refractivity contribution in [1.29, 1.82) is 0 Å². The molecule has 1 aliphatic heterocycles. The molecule has 30 heavy (non-hydrogen) atoms. The van der Waals surface area contributed by atoms with Gasteiger partial charge in [-0.1, -0.05) is 40.2 Å². The SMILES string of the molecule is O=C(c1cccc(Br)c1)N1CCc2c(nn(-c3ccccc3)c2O)-c2cccnc21. The Morgan fingerprint density at radius 2 is 1.87 bits per heavy atom. The summed E-state index contributed by atoms with van der Waals surface area (Å²) < 4.78 is 2.37. The molecule has 1 N–H and O–H groups in total. The van der Waals surface area contributed by atoms with Crippen LogP contribution in [-0.4, -0.2) is 32.3 Å². The van der Waals surface area contributed by atoms with Gasteiger partial charge < -0.3 is 5.11 Å². The summed E-state index contributed by atoms with van der Waals surface area (Å²) in [6, 6.07) is 20.5. The number of aromatic hydroxyl groups is 1. The Balaban J connectivity index is 1.63. The van der Waals surface area contributed by atoms with Crippen LogP contribution in [0.3, 0.4) is 0 Å². The summed E-state index contributed by atoms with van der Waals surface area (Å²) in [4.78, 5) is 19.5. The zero-order valence-corrected chi connectivity index (χ0v) is 17.5. The van der Waals surface area contributed by atoms with Crippen LogP contribution in [0.25, 0.3) is 16.9 Å². The molecule has 4 aromatic rings. The average Bonchev–Trinajstić information content (AvgIpc) is 3.01. The van der Waals surface area contributed by atoms with Crippen molar-refractivity contribution in [3.63, 3.8) is 0 Å². The van der Waals surface area contributed by atoms with Gasteiger partial charge in [-0.25, -0.2) is 9.67 Å². The average molecular weight is 461 g/mol. The number of carbonyl (C=O) groups excluding carboxylic acids is 1. The summed E-state index contributed by atoms with van der Waals surface area (Å²) in [5, 5.41) is 15.6. The van der Waals surface area contributed by atoms with E-state index in [1.54, 1.807) is 23.2 Å². The molecule has 148 valence electrons. The molecular weight excluding hydrogens is 444 g/mol. The number of fused-ring (bicyclic) bond motifs is 3. The normalized spacial score (nSPS) is 12.8. The molecule has 1 aliphatic rings. The van der Waals surface area contributed by atoms with E-state index in [-0.39, 0.29) is 11.8 Å². The second kappa shape index (κ2) is 7.42. The summed E-state index contributed by atoms with van der Waals surface area (Å²) in [5.41, 5.74) is 3.41. The van der Waals surface area contributed by atoms with Crippen molar-refractivity contribution in [1.82, 2.24) is 14.8 Å². The van der Waals surface area contributed by atoms with Gasteiger partial charge >= 0.3 is 0 Å². The maximum absolute atomic E-state index is 13.3. The van der Waals surface area contributed by atoms with Crippen LogP contribution in [0.5, 0.6) is 5.88 Å². The summed E-state index contributed by atoms with van der Waals surface area (Å²) in [5.74, 6) is 0.485. The van der Waals surface area contributed by atoms with Gasteiger partial charge in [0.05, 0.1) is 5.69 Å². The Labute approximate surface area is 181 Å². The van der Waals surface area contributed by atoms with Crippen LogP contribution in [0.15, 0.2) is 77.4 Å². The molecule has 0 fully saturated rings. The molecule has 0 unspecified atom stereocenters. The largest absolute Gasteiger partial charge is 0.493 e. The lowest BCUT2D eigenvalue weighted by molar-refractivity contribution is 0.0986. The van der Waals surface area contributed by atoms with Crippen molar-refractivity contribution in [2.24, 2.45) is 0 Å². The third-order valence-corrected chi connectivity index (χ3v) is 5.65. The van der Waals surface area contributed by atoms with Gasteiger partial charge in [0.25, 0.3) is 5.91 Å². The third-order valence-electron chi connectivity index (χ3n) is 5.16. The molecule has 1 amide bonds. The van der Waals surface area contributed by atoms with Gasteiger partial charge in [-0.15, -0.1) is 0 Å². The van der Waals surface area contributed by atoms with Crippen molar-refractivity contribution in [3.8, 4) is 22.8 Å². The lowest BCUT2D eigenvalue weighted by Crippen LogP contribution is -2.33. The molecule has 2 aromatic carbocycles. The van der Waals surface area contributed by atoms with Gasteiger partial charge in [-0.05, 0) is 48.9 Å². The fourth-order valence-corrected chi connectivity index (χ4v) is 4.14. The minimum absolute atomic E-state index is 0.0859. The first kappa shape index (κ1) is 18.6. The van der Waals surface area contributed by atoms with Crippen LogP contribution in [-0.2, 0) is 6.42 Å². The lowest BCUT2D eigenvalue weighted by Gasteiger charge is -2.22. The second-order valence-electron chi connectivity index (χ2n) is 6.99. The Hall–Kier alpha value is -3.45. The number of pyridine rings is 1. The van der Waals surface area contributed by atoms with E-state index >= 15 is 0 Å². The first-order valence-corrected chi connectivity index (χ1v) is 10.3. The molecule has 2 aromatic heterocycles. The molecule has 0 radical (unpaired) electrons. The Morgan fingerprint density at radius 1 is 1.03 bits per heavy atom. The van der Waals surface area contributed by atoms with E-state index in [0.29, 0.717) is 35.6 Å². The van der Waals surface area contributed by atoms with Crippen LogP contribution in [0.4, 0.5) is 5.82 Å². The number of nitrogens with zero attached hydrogens (tertiary/aromatic N) is 4. The molecule has 0 bridgehead atoms. The molecule has 3 heterocycles. The van der Waals surface area contributed by atoms with Crippen LogP contribution in [0.1, 0.15) is 15.9 Å². The smallest absolute Gasteiger partial charge is 0.259 e. The van der Waals surface area contributed by atoms with E-state index in [1.807, 2.05) is 54.6 Å². The molecule has 6 nitrogen and oxygen atoms in total. The van der Waals surface area contributed by atoms with Gasteiger partial charge in [0.1, 0.15) is 11.5 Å². The quantitative estimate of drug-likeness (QED) is 0.474. The van der Waals surface area contributed by atoms with Crippen LogP contribution >= 0.6 is 15.9 Å². The monoisotopic (exact) mass is 460 g/mol. The summed E-state index contributed by atoms with van der Waals surface area (Å²) in [7, 11) is 0. The first-order valence-electron chi connectivity index (χ1n) is 9.52. The predicted molar refractivity (Wildman–Crippen MR) is 118 cm³/mol. The first-order chi connectivity index (χ1) is 14.6. The standard InChI is InChI=1S/C23H17BrN4O2/c24-16-7-4-6-15(14-16)22(29)27-13-11-19-20(18-10-5-12-25-21(18)27)26-28(23(19)30)17-8-2-1-3-9-17/h1-10,12,14,30H,11,13H2. The van der Waals surface area contributed by atoms with E-state index in [1.165, 1.54) is 4.68 Å². The van der Waals surface area contributed by atoms with Crippen molar-refractivity contribution in [2.45, 2.75) is 6.42 Å². The molecule has 0 atom stereocenters. The third kappa shape index (κ3) is 3.07. The highest BCUT2D eigenvalue weighted by atomic mass is 79.9. The summed E-state index contributed by atoms with van der Waals surface area (Å²) in [6.45, 7) is 0.385. The number of amides is 1. The summed E-state index contributed by atoms with van der Waals surface area (Å²) >= 11 is 3.43. The number of aromatic nitrogens is 3. The number of rotatable bonds is 2. The molecule has 5 rings (SSSR count). The maximum Gasteiger partial charge on any atom is 0.259 e. The van der Waals surface area contributed by atoms with E-state index in [0.717, 1.165) is 15.7 Å². The predicted octanol–water partition coefficient (Wildman–Crippen LogP) is 4.61. The lowest BCUT2D eigenvalue weighted by atomic mass is 10.1. The number of hydrogen-bond donors (Lipinski definition) is 1. The van der Waals surface area contributed by atoms with Crippen LogP contribution in [0.2, 0.25) is 0 Å². The summed E-state index contributed by atoms with van der Waals surface area (Å²) in [6.07, 6.45) is 2.13. The van der Waals surface area contributed by atoms with Crippen LogP contribution < -0.4 is 4.90 Å². The fourth-order valence-electron chi connectivity index (χ4n) is 3.74. The van der Waals surface area contributed by atoms with Crippen molar-refractivity contribution in [3.05, 3.63) is 88.5 Å². The molecule has 0 saturated heterocycles. The number of hydrogen-bond acceptors (Lipinski definition) is 4. The van der Waals surface area contributed by atoms with Gasteiger partial charge in [0.2, 0.25) is 5.88 Å². The van der Waals surface area contributed by atoms with Gasteiger partial charge in [-0.2, -0.15) is 5.10 Å². The van der Waals surface area contributed by atoms with E-state index in [4.69, 9.17) is 0 Å². The maximum atomic E-state index is 13.3. The zero-order valence-electron chi connectivity index (χ0n) is 15.9. The highest BCUT2D eigenvalue weighted by Crippen LogP contribution is 2.39. The Morgan fingerprint density at radius 3 is 2.67 bits per heavy atom. The van der Waals surface area contributed by atoms with Crippen molar-refractivity contribution < 1.29 is 9.90 Å². The van der Waals surface area contributed by atoms with Gasteiger partial charge in [-0.3, -0.25) is 9.69 Å². The second-order valence-corrected chi connectivity index (χ2v) is 7.91. The van der Waals surface area contributed by atoms with Gasteiger partial charge in [0, 0.05) is 33.9 Å². The minimum Gasteiger partial charge on any atom is -0.493 e. The number of para-hydroxylation sites is 1. The van der Waals surface area contributed by atoms with Gasteiger partial charge in [0.15, 0.2) is 0 Å². The Kier molecular flexibility index (Phi) is 4.59. The minimum atomic E-state index is -0.142. The van der Waals surface area contributed by atoms with Crippen molar-refractivity contribution >= 4 is 27.7 Å². The van der Waals surface area contributed by atoms with E-state index in [9.17, 15) is 9.90 Å². The highest BCUT2D eigenvalue weighted by molar-refractivity contribution is 9.10. The number of anilines is 1. The topological polar surface area (TPSA) is 71.2 Å². The molecule has 0 aliphatic carbocycles. The molecule has 0 saturated carbocycles. The molecule has 0 spiro atoms. The van der Waals surface area contributed by atoms with Crippen LogP contribution in [0, 0.1) is 0 Å². The van der Waals surface area contributed by atoms with E-state index in [2.05, 4.69) is 26.0 Å². The van der Waals surface area contributed by atoms with Crippen molar-refractivity contribution in [2.75, 3.05) is 11.4 Å². The van der Waals surface area contributed by atoms with E-state index < -0.39 is 0 Å². The number of carbonyl (C=O) groups is 1. The molecule has 7 heteroatoms. The Bertz CT molecular complexity index is 1250. The highest BCUT2D eigenvalue weighted by Gasteiger charge is 2.30.